The van der Waals surface area contributed by atoms with Gasteiger partial charge in [-0.2, -0.15) is 0 Å². The van der Waals surface area contributed by atoms with Gasteiger partial charge in [0.2, 0.25) is 5.13 Å². The van der Waals surface area contributed by atoms with E-state index in [1.165, 1.54) is 11.3 Å². The standard InChI is InChI=1S/C11H15N5O2S2/c1-6-4-9(13-12)5-7(2)10(6)20(17,18)16-11-15-14-8(3)19-11/h4-5,13H,12H2,1-3H3,(H,15,16). The van der Waals surface area contributed by atoms with Gasteiger partial charge >= 0.3 is 0 Å². The lowest BCUT2D eigenvalue weighted by Gasteiger charge is -2.13. The maximum atomic E-state index is 12.4. The topological polar surface area (TPSA) is 110 Å². The molecule has 0 atom stereocenters. The summed E-state index contributed by atoms with van der Waals surface area (Å²) >= 11 is 1.18. The van der Waals surface area contributed by atoms with E-state index in [0.717, 1.165) is 0 Å². The van der Waals surface area contributed by atoms with Crippen LogP contribution >= 0.6 is 11.3 Å². The van der Waals surface area contributed by atoms with E-state index in [2.05, 4.69) is 20.3 Å². The number of hydrogen-bond donors (Lipinski definition) is 3. The molecule has 1 aromatic carbocycles. The second-order valence-corrected chi connectivity index (χ2v) is 7.12. The lowest BCUT2D eigenvalue weighted by molar-refractivity contribution is 0.600. The van der Waals surface area contributed by atoms with Crippen LogP contribution < -0.4 is 16.0 Å². The van der Waals surface area contributed by atoms with Crippen LogP contribution in [0.2, 0.25) is 0 Å². The minimum atomic E-state index is -3.70. The normalized spacial score (nSPS) is 11.4. The number of aromatic nitrogens is 2. The Morgan fingerprint density at radius 1 is 1.15 bits per heavy atom. The first-order chi connectivity index (χ1) is 9.33. The van der Waals surface area contributed by atoms with Crippen molar-refractivity contribution in [3.05, 3.63) is 28.3 Å². The molecule has 0 amide bonds. The van der Waals surface area contributed by atoms with Crippen molar-refractivity contribution in [2.75, 3.05) is 10.1 Å². The highest BCUT2D eigenvalue weighted by Gasteiger charge is 2.21. The summed E-state index contributed by atoms with van der Waals surface area (Å²) in [6.07, 6.45) is 0. The molecule has 0 saturated carbocycles. The molecule has 9 heteroatoms. The molecule has 0 aliphatic heterocycles. The predicted molar refractivity (Wildman–Crippen MR) is 79.2 cm³/mol. The minimum Gasteiger partial charge on any atom is -0.324 e. The maximum absolute atomic E-state index is 12.4. The van der Waals surface area contributed by atoms with E-state index in [0.29, 0.717) is 21.8 Å². The summed E-state index contributed by atoms with van der Waals surface area (Å²) in [6.45, 7) is 5.19. The second-order valence-electron chi connectivity index (χ2n) is 4.32. The summed E-state index contributed by atoms with van der Waals surface area (Å²) in [5.74, 6) is 5.34. The van der Waals surface area contributed by atoms with Crippen LogP contribution in [0.25, 0.3) is 0 Å². The number of nitrogen functional groups attached to an aromatic ring is 1. The van der Waals surface area contributed by atoms with Gasteiger partial charge in [0.1, 0.15) is 5.01 Å². The van der Waals surface area contributed by atoms with Crippen LogP contribution in [0.5, 0.6) is 0 Å². The van der Waals surface area contributed by atoms with E-state index in [-0.39, 0.29) is 10.0 Å². The largest absolute Gasteiger partial charge is 0.324 e. The number of rotatable bonds is 4. The molecule has 0 radical (unpaired) electrons. The number of hydrogen-bond acceptors (Lipinski definition) is 7. The molecule has 4 N–H and O–H groups in total. The van der Waals surface area contributed by atoms with Gasteiger partial charge in [-0.05, 0) is 44.0 Å². The number of aryl methyl sites for hydroxylation is 3. The highest BCUT2D eigenvalue weighted by molar-refractivity contribution is 7.93. The maximum Gasteiger partial charge on any atom is 0.264 e. The SMILES string of the molecule is Cc1nnc(NS(=O)(=O)c2c(C)cc(NN)cc2C)s1. The molecule has 1 heterocycles. The van der Waals surface area contributed by atoms with Gasteiger partial charge in [-0.3, -0.25) is 10.6 Å². The van der Waals surface area contributed by atoms with Gasteiger partial charge in [-0.15, -0.1) is 10.2 Å². The Morgan fingerprint density at radius 2 is 1.75 bits per heavy atom. The van der Waals surface area contributed by atoms with Crippen molar-refractivity contribution >= 4 is 32.2 Å². The summed E-state index contributed by atoms with van der Waals surface area (Å²) < 4.78 is 27.3. The number of benzene rings is 1. The first-order valence-corrected chi connectivity index (χ1v) is 8.04. The van der Waals surface area contributed by atoms with Crippen LogP contribution in [-0.2, 0) is 10.0 Å². The summed E-state index contributed by atoms with van der Waals surface area (Å²) in [5, 5.41) is 8.49. The highest BCUT2D eigenvalue weighted by Crippen LogP contribution is 2.26. The quantitative estimate of drug-likeness (QED) is 0.583. The number of nitrogens with one attached hydrogen (secondary N) is 2. The Kier molecular flexibility index (Phi) is 3.93. The van der Waals surface area contributed by atoms with Crippen molar-refractivity contribution < 1.29 is 8.42 Å². The Hall–Kier alpha value is -1.71. The highest BCUT2D eigenvalue weighted by atomic mass is 32.2. The first-order valence-electron chi connectivity index (χ1n) is 5.74. The van der Waals surface area contributed by atoms with Gasteiger partial charge in [-0.1, -0.05) is 11.3 Å². The summed E-state index contributed by atoms with van der Waals surface area (Å²) in [4.78, 5) is 0.226. The fourth-order valence-corrected chi connectivity index (χ4v) is 4.24. The third kappa shape index (κ3) is 2.89. The lowest BCUT2D eigenvalue weighted by atomic mass is 10.1. The van der Waals surface area contributed by atoms with Crippen molar-refractivity contribution in [3.8, 4) is 0 Å². The van der Waals surface area contributed by atoms with Gasteiger partial charge < -0.3 is 5.43 Å². The van der Waals surface area contributed by atoms with Crippen molar-refractivity contribution in [1.29, 1.82) is 0 Å². The molecule has 0 saturated heterocycles. The molecule has 0 aliphatic rings. The number of nitrogens with zero attached hydrogens (tertiary/aromatic N) is 2. The van der Waals surface area contributed by atoms with Crippen LogP contribution in [0, 0.1) is 20.8 Å². The zero-order chi connectivity index (χ0) is 14.9. The zero-order valence-electron chi connectivity index (χ0n) is 11.3. The van der Waals surface area contributed by atoms with E-state index in [4.69, 9.17) is 5.84 Å². The molecule has 0 unspecified atom stereocenters. The summed E-state index contributed by atoms with van der Waals surface area (Å²) in [7, 11) is -3.70. The van der Waals surface area contributed by atoms with Crippen molar-refractivity contribution in [1.82, 2.24) is 10.2 Å². The Bertz CT molecular complexity index is 716. The van der Waals surface area contributed by atoms with Crippen molar-refractivity contribution in [3.63, 3.8) is 0 Å². The third-order valence-electron chi connectivity index (χ3n) is 2.64. The zero-order valence-corrected chi connectivity index (χ0v) is 12.9. The molecule has 0 spiro atoms. The number of sulfonamides is 1. The average molecular weight is 313 g/mol. The van der Waals surface area contributed by atoms with Crippen LogP contribution in [0.3, 0.4) is 0 Å². The third-order valence-corrected chi connectivity index (χ3v) is 5.17. The Morgan fingerprint density at radius 3 is 2.20 bits per heavy atom. The molecule has 0 fully saturated rings. The van der Waals surface area contributed by atoms with Gasteiger partial charge in [0, 0.05) is 5.69 Å². The van der Waals surface area contributed by atoms with E-state index in [1.54, 1.807) is 32.9 Å². The first kappa shape index (κ1) is 14.7. The molecule has 0 aliphatic carbocycles. The fraction of sp³-hybridized carbons (Fsp3) is 0.273. The van der Waals surface area contributed by atoms with Crippen molar-refractivity contribution in [2.24, 2.45) is 5.84 Å². The molecule has 1 aromatic heterocycles. The van der Waals surface area contributed by atoms with Crippen molar-refractivity contribution in [2.45, 2.75) is 25.7 Å². The molecular formula is C11H15N5O2S2. The smallest absolute Gasteiger partial charge is 0.264 e. The molecule has 20 heavy (non-hydrogen) atoms. The van der Waals surface area contributed by atoms with Gasteiger partial charge in [-0.25, -0.2) is 8.42 Å². The lowest BCUT2D eigenvalue weighted by Crippen LogP contribution is -2.16. The molecule has 0 bridgehead atoms. The number of nitrogens with two attached hydrogens (primary N) is 1. The van der Waals surface area contributed by atoms with E-state index < -0.39 is 10.0 Å². The second kappa shape index (κ2) is 5.35. The molecule has 7 nitrogen and oxygen atoms in total. The molecule has 2 aromatic rings. The fourth-order valence-electron chi connectivity index (χ4n) is 1.96. The number of anilines is 2. The van der Waals surface area contributed by atoms with Crippen LogP contribution in [-0.4, -0.2) is 18.6 Å². The van der Waals surface area contributed by atoms with Crippen LogP contribution in [0.15, 0.2) is 17.0 Å². The van der Waals surface area contributed by atoms with E-state index >= 15 is 0 Å². The Balaban J connectivity index is 2.44. The Labute approximate surface area is 121 Å². The predicted octanol–water partition coefficient (Wildman–Crippen LogP) is 1.55. The van der Waals surface area contributed by atoms with Gasteiger partial charge in [0.05, 0.1) is 4.90 Å². The molecule has 2 rings (SSSR count). The monoisotopic (exact) mass is 313 g/mol. The van der Waals surface area contributed by atoms with Crippen LogP contribution in [0.1, 0.15) is 16.1 Å². The number of hydrazine groups is 1. The summed E-state index contributed by atoms with van der Waals surface area (Å²) in [5.41, 5.74) is 4.37. The summed E-state index contributed by atoms with van der Waals surface area (Å²) in [6, 6.07) is 3.35. The molecule has 108 valence electrons. The molecular weight excluding hydrogens is 298 g/mol. The van der Waals surface area contributed by atoms with Gasteiger partial charge in [0.15, 0.2) is 0 Å². The minimum absolute atomic E-state index is 0.226. The van der Waals surface area contributed by atoms with Gasteiger partial charge in [0.25, 0.3) is 10.0 Å². The average Bonchev–Trinajstić information content (AvgIpc) is 2.72. The van der Waals surface area contributed by atoms with E-state index in [9.17, 15) is 8.42 Å². The van der Waals surface area contributed by atoms with E-state index in [1.807, 2.05) is 0 Å². The van der Waals surface area contributed by atoms with Crippen LogP contribution in [0.4, 0.5) is 10.8 Å².